The summed E-state index contributed by atoms with van der Waals surface area (Å²) in [4.78, 5) is 73.0. The Kier molecular flexibility index (Phi) is 13.2. The Balaban J connectivity index is 1.04. The summed E-state index contributed by atoms with van der Waals surface area (Å²) in [5.41, 5.74) is 9.90. The normalized spacial score (nSPS) is 17.1. The molecule has 4 heterocycles. The van der Waals surface area contributed by atoms with Crippen LogP contribution in [-0.4, -0.2) is 80.8 Å². The van der Waals surface area contributed by atoms with Crippen LogP contribution in [0.4, 0.5) is 0 Å². The monoisotopic (exact) mass is 860 g/mol. The zero-order valence-corrected chi connectivity index (χ0v) is 37.2. The van der Waals surface area contributed by atoms with Gasteiger partial charge in [0.05, 0.1) is 74.8 Å². The van der Waals surface area contributed by atoms with Gasteiger partial charge in [-0.25, -0.2) is 9.97 Å². The molecule has 2 aliphatic heterocycles. The third-order valence-corrected chi connectivity index (χ3v) is 12.9. The number of rotatable bonds is 14. The van der Waals surface area contributed by atoms with Crippen LogP contribution in [0.15, 0.2) is 109 Å². The van der Waals surface area contributed by atoms with Crippen molar-refractivity contribution in [1.82, 2.24) is 29.7 Å². The van der Waals surface area contributed by atoms with E-state index in [-0.39, 0.29) is 48.6 Å². The van der Waals surface area contributed by atoms with E-state index in [1.54, 1.807) is 0 Å². The quantitative estimate of drug-likeness (QED) is 0.103. The Bertz CT molecular complexity index is 2600. The number of esters is 2. The van der Waals surface area contributed by atoms with Crippen LogP contribution in [0.1, 0.15) is 93.1 Å². The van der Waals surface area contributed by atoms with Gasteiger partial charge in [0.15, 0.2) is 0 Å². The van der Waals surface area contributed by atoms with Crippen molar-refractivity contribution in [2.24, 2.45) is 11.8 Å². The van der Waals surface area contributed by atoms with E-state index in [0.29, 0.717) is 13.1 Å². The second-order valence-corrected chi connectivity index (χ2v) is 17.3. The van der Waals surface area contributed by atoms with Gasteiger partial charge >= 0.3 is 11.9 Å². The summed E-state index contributed by atoms with van der Waals surface area (Å²) in [7, 11) is 2.70. The largest absolute Gasteiger partial charge is 0.469 e. The lowest BCUT2D eigenvalue weighted by Crippen LogP contribution is -2.39. The van der Waals surface area contributed by atoms with E-state index >= 15 is 0 Å². The van der Waals surface area contributed by atoms with Crippen LogP contribution in [0, 0.1) is 18.8 Å². The van der Waals surface area contributed by atoms with Crippen LogP contribution in [0.25, 0.3) is 44.8 Å². The molecule has 0 bridgehead atoms. The maximum Gasteiger partial charge on any atom is 0.306 e. The number of carbonyl (C=O) groups is 4. The number of aromatic nitrogens is 4. The molecule has 0 radical (unpaired) electrons. The van der Waals surface area contributed by atoms with Gasteiger partial charge in [0, 0.05) is 18.7 Å². The fourth-order valence-electron chi connectivity index (χ4n) is 9.49. The highest BCUT2D eigenvalue weighted by molar-refractivity contribution is 5.90. The number of likely N-dealkylation sites (tertiary alicyclic amines) is 2. The molecule has 2 aliphatic rings. The molecule has 2 saturated heterocycles. The average molecular weight is 861 g/mol. The fourth-order valence-corrected chi connectivity index (χ4v) is 9.49. The van der Waals surface area contributed by atoms with Crippen LogP contribution in [0.5, 0.6) is 0 Å². The number of carbonyl (C=O) groups excluding carboxylic acids is 4. The number of amides is 2. The van der Waals surface area contributed by atoms with Gasteiger partial charge in [-0.2, -0.15) is 0 Å². The summed E-state index contributed by atoms with van der Waals surface area (Å²) in [6.07, 6.45) is 6.96. The SMILES string of the molecule is COC(=O)C[C@H](C(=O)N1CCC[C@H]1c1ncc(-c2cc(C)c(-c3ccc(-c4cnc([C@@H]5CCCN5C(=O)[C@H](CC(=O)OC)c5ccccc5)[nH]4)cc3)c(-c3ccccc3)c2)[nH]1)C(C)C. The number of hydrogen-bond acceptors (Lipinski definition) is 8. The van der Waals surface area contributed by atoms with Crippen molar-refractivity contribution < 1.29 is 28.7 Å². The summed E-state index contributed by atoms with van der Waals surface area (Å²) >= 11 is 0. The Morgan fingerprint density at radius 3 is 1.77 bits per heavy atom. The van der Waals surface area contributed by atoms with Crippen molar-refractivity contribution in [1.29, 1.82) is 0 Å². The minimum Gasteiger partial charge on any atom is -0.469 e. The van der Waals surface area contributed by atoms with Gasteiger partial charge < -0.3 is 29.2 Å². The molecule has 6 aromatic rings. The molecule has 12 nitrogen and oxygen atoms in total. The second kappa shape index (κ2) is 19.3. The minimum absolute atomic E-state index is 0.0138. The van der Waals surface area contributed by atoms with Crippen LogP contribution >= 0.6 is 0 Å². The smallest absolute Gasteiger partial charge is 0.306 e. The lowest BCUT2D eigenvalue weighted by atomic mass is 9.88. The molecule has 12 heteroatoms. The Morgan fingerprint density at radius 2 is 1.19 bits per heavy atom. The van der Waals surface area contributed by atoms with Gasteiger partial charge in [-0.15, -0.1) is 0 Å². The first-order valence-corrected chi connectivity index (χ1v) is 22.2. The summed E-state index contributed by atoms with van der Waals surface area (Å²) in [6, 6.07) is 32.2. The molecule has 2 fully saturated rings. The standard InChI is InChI=1S/C52H56N6O6/c1-32(2)39(28-46(59)63-4)51(61)57-24-12-18-44(57)50-54-31-43(56-50)38-26-33(3)48(40(27-38)34-14-8-6-9-15-34)37-22-20-36(21-23-37)42-30-53-49(55-42)45-19-13-25-58(45)52(62)41(29-47(60)64-5)35-16-10-7-11-17-35/h6-11,14-17,20-23,26-27,30-32,39,41,44-45H,12-13,18-19,24-25,28-29H2,1-5H3,(H,53,55)(H,54,56)/t39-,41+,44-,45-/m0/s1. The summed E-state index contributed by atoms with van der Waals surface area (Å²) in [5, 5.41) is 0. The van der Waals surface area contributed by atoms with Crippen LogP contribution < -0.4 is 0 Å². The molecule has 2 aromatic heterocycles. The molecular weight excluding hydrogens is 805 g/mol. The number of hydrogen-bond donors (Lipinski definition) is 2. The fraction of sp³-hybridized carbons (Fsp3) is 0.346. The highest BCUT2D eigenvalue weighted by Crippen LogP contribution is 2.41. The number of imidazole rings is 2. The number of H-pyrrole nitrogens is 2. The van der Waals surface area contributed by atoms with Crippen molar-refractivity contribution in [2.75, 3.05) is 27.3 Å². The molecule has 0 saturated carbocycles. The van der Waals surface area contributed by atoms with Crippen molar-refractivity contribution in [3.8, 4) is 44.8 Å². The minimum atomic E-state index is -0.643. The number of benzene rings is 4. The van der Waals surface area contributed by atoms with Crippen molar-refractivity contribution >= 4 is 23.8 Å². The second-order valence-electron chi connectivity index (χ2n) is 17.3. The zero-order valence-electron chi connectivity index (χ0n) is 37.2. The molecular formula is C52H56N6O6. The number of methoxy groups -OCH3 is 2. The van der Waals surface area contributed by atoms with E-state index in [0.717, 1.165) is 93.2 Å². The van der Waals surface area contributed by atoms with E-state index < -0.39 is 17.8 Å². The van der Waals surface area contributed by atoms with E-state index in [9.17, 15) is 19.2 Å². The highest BCUT2D eigenvalue weighted by Gasteiger charge is 2.39. The Morgan fingerprint density at radius 1 is 0.656 bits per heavy atom. The van der Waals surface area contributed by atoms with Gasteiger partial charge in [-0.1, -0.05) is 98.8 Å². The van der Waals surface area contributed by atoms with Crippen molar-refractivity contribution in [2.45, 2.75) is 77.3 Å². The third-order valence-electron chi connectivity index (χ3n) is 12.9. The van der Waals surface area contributed by atoms with Crippen LogP contribution in [-0.2, 0) is 28.7 Å². The molecule has 0 aliphatic carbocycles. The van der Waals surface area contributed by atoms with Gasteiger partial charge in [0.2, 0.25) is 11.8 Å². The molecule has 2 N–H and O–H groups in total. The first-order chi connectivity index (χ1) is 31.0. The maximum atomic E-state index is 14.1. The summed E-state index contributed by atoms with van der Waals surface area (Å²) in [5.74, 6) is -0.602. The van der Waals surface area contributed by atoms with Gasteiger partial charge in [0.1, 0.15) is 11.6 Å². The van der Waals surface area contributed by atoms with Crippen LogP contribution in [0.3, 0.4) is 0 Å². The predicted molar refractivity (Wildman–Crippen MR) is 245 cm³/mol. The Labute approximate surface area is 374 Å². The third kappa shape index (κ3) is 9.13. The van der Waals surface area contributed by atoms with E-state index in [1.807, 2.05) is 84.6 Å². The number of aryl methyl sites for hydroxylation is 1. The number of aromatic amines is 2. The van der Waals surface area contributed by atoms with Gasteiger partial charge in [0.25, 0.3) is 0 Å². The summed E-state index contributed by atoms with van der Waals surface area (Å²) in [6.45, 7) is 7.27. The zero-order chi connectivity index (χ0) is 44.9. The molecule has 330 valence electrons. The lowest BCUT2D eigenvalue weighted by molar-refractivity contribution is -0.148. The van der Waals surface area contributed by atoms with Crippen LogP contribution in [0.2, 0.25) is 0 Å². The average Bonchev–Trinajstić information content (AvgIpc) is 4.17. The van der Waals surface area contributed by atoms with Crippen molar-refractivity contribution in [3.05, 3.63) is 132 Å². The molecule has 0 spiro atoms. The lowest BCUT2D eigenvalue weighted by Gasteiger charge is -2.29. The topological polar surface area (TPSA) is 151 Å². The number of ether oxygens (including phenoxy) is 2. The summed E-state index contributed by atoms with van der Waals surface area (Å²) < 4.78 is 9.89. The molecule has 8 rings (SSSR count). The highest BCUT2D eigenvalue weighted by atomic mass is 16.5. The van der Waals surface area contributed by atoms with Gasteiger partial charge in [-0.3, -0.25) is 19.2 Å². The maximum absolute atomic E-state index is 14.1. The van der Waals surface area contributed by atoms with Gasteiger partial charge in [-0.05, 0) is 89.6 Å². The first-order valence-electron chi connectivity index (χ1n) is 22.2. The van der Waals surface area contributed by atoms with E-state index in [1.165, 1.54) is 14.2 Å². The molecule has 4 aromatic carbocycles. The molecule has 64 heavy (non-hydrogen) atoms. The number of nitrogens with one attached hydrogen (secondary N) is 2. The Hall–Kier alpha value is -6.82. The number of nitrogens with zero attached hydrogens (tertiary/aromatic N) is 4. The molecule has 0 unspecified atom stereocenters. The predicted octanol–water partition coefficient (Wildman–Crippen LogP) is 9.62. The van der Waals surface area contributed by atoms with Crippen molar-refractivity contribution in [3.63, 3.8) is 0 Å². The first kappa shape index (κ1) is 43.8. The molecule has 2 amide bonds. The van der Waals surface area contributed by atoms with E-state index in [2.05, 4.69) is 65.4 Å². The molecule has 4 atom stereocenters. The van der Waals surface area contributed by atoms with E-state index in [4.69, 9.17) is 19.4 Å².